The van der Waals surface area contributed by atoms with Crippen LogP contribution in [0.15, 0.2) is 18.2 Å². The van der Waals surface area contributed by atoms with Crippen molar-refractivity contribution >= 4 is 23.1 Å². The quantitative estimate of drug-likeness (QED) is 0.854. The number of Topliss-reactive ketones (excluding diaryl/α,β-unsaturated/α-hetero) is 1. The summed E-state index contributed by atoms with van der Waals surface area (Å²) in [5.41, 5.74) is 1.68. The number of ketones is 1. The molecule has 1 aliphatic rings. The SMILES string of the molecule is CN(C)c1ccc(C(=O)C2CCNCC2)cc1Cl. The molecule has 0 saturated carbocycles. The summed E-state index contributed by atoms with van der Waals surface area (Å²) in [4.78, 5) is 14.3. The third-order valence-electron chi connectivity index (χ3n) is 3.42. The molecule has 18 heavy (non-hydrogen) atoms. The van der Waals surface area contributed by atoms with Crippen LogP contribution in [0.5, 0.6) is 0 Å². The maximum absolute atomic E-state index is 12.3. The van der Waals surface area contributed by atoms with Gasteiger partial charge in [0.15, 0.2) is 5.78 Å². The summed E-state index contributed by atoms with van der Waals surface area (Å²) in [5.74, 6) is 0.372. The summed E-state index contributed by atoms with van der Waals surface area (Å²) < 4.78 is 0. The lowest BCUT2D eigenvalue weighted by molar-refractivity contribution is 0.0895. The highest BCUT2D eigenvalue weighted by atomic mass is 35.5. The first-order valence-electron chi connectivity index (χ1n) is 6.31. The van der Waals surface area contributed by atoms with Crippen LogP contribution in [0.4, 0.5) is 5.69 Å². The van der Waals surface area contributed by atoms with E-state index < -0.39 is 0 Å². The summed E-state index contributed by atoms with van der Waals surface area (Å²) in [6.45, 7) is 1.86. The van der Waals surface area contributed by atoms with Gasteiger partial charge in [0.05, 0.1) is 10.7 Å². The molecule has 0 aliphatic carbocycles. The predicted octanol–water partition coefficient (Wildman–Crippen LogP) is 2.59. The van der Waals surface area contributed by atoms with Crippen LogP contribution < -0.4 is 10.2 Å². The van der Waals surface area contributed by atoms with Gasteiger partial charge in [-0.25, -0.2) is 0 Å². The second kappa shape index (κ2) is 5.72. The molecule has 0 radical (unpaired) electrons. The van der Waals surface area contributed by atoms with Gasteiger partial charge in [0.2, 0.25) is 0 Å². The highest BCUT2D eigenvalue weighted by Crippen LogP contribution is 2.27. The summed E-state index contributed by atoms with van der Waals surface area (Å²) in [5, 5.41) is 3.91. The molecule has 4 heteroatoms. The Morgan fingerprint density at radius 3 is 2.56 bits per heavy atom. The van der Waals surface area contributed by atoms with E-state index in [2.05, 4.69) is 5.32 Å². The van der Waals surface area contributed by atoms with Crippen molar-refractivity contribution in [3.63, 3.8) is 0 Å². The molecule has 1 aromatic rings. The van der Waals surface area contributed by atoms with E-state index in [4.69, 9.17) is 11.6 Å². The molecule has 98 valence electrons. The zero-order chi connectivity index (χ0) is 13.1. The molecule has 0 aromatic heterocycles. The van der Waals surface area contributed by atoms with Crippen LogP contribution >= 0.6 is 11.6 Å². The molecule has 1 aromatic carbocycles. The largest absolute Gasteiger partial charge is 0.376 e. The minimum absolute atomic E-state index is 0.146. The van der Waals surface area contributed by atoms with Crippen LogP contribution in [0.25, 0.3) is 0 Å². The minimum atomic E-state index is 0.146. The highest BCUT2D eigenvalue weighted by Gasteiger charge is 2.22. The van der Waals surface area contributed by atoms with Crippen molar-refractivity contribution in [2.45, 2.75) is 12.8 Å². The van der Waals surface area contributed by atoms with Gasteiger partial charge >= 0.3 is 0 Å². The lowest BCUT2D eigenvalue weighted by Gasteiger charge is -2.22. The molecule has 2 rings (SSSR count). The molecule has 1 saturated heterocycles. The molecule has 0 bridgehead atoms. The summed E-state index contributed by atoms with van der Waals surface area (Å²) in [7, 11) is 3.88. The van der Waals surface area contributed by atoms with Crippen molar-refractivity contribution in [2.75, 3.05) is 32.1 Å². The number of hydrogen-bond acceptors (Lipinski definition) is 3. The number of rotatable bonds is 3. The van der Waals surface area contributed by atoms with Crippen LogP contribution in [-0.2, 0) is 0 Å². The predicted molar refractivity (Wildman–Crippen MR) is 75.7 cm³/mol. The van der Waals surface area contributed by atoms with Gasteiger partial charge in [0.25, 0.3) is 0 Å². The van der Waals surface area contributed by atoms with Gasteiger partial charge in [-0.3, -0.25) is 4.79 Å². The fourth-order valence-corrected chi connectivity index (χ4v) is 2.69. The van der Waals surface area contributed by atoms with Crippen LogP contribution in [-0.4, -0.2) is 33.0 Å². The molecule has 1 N–H and O–H groups in total. The number of benzene rings is 1. The Balaban J connectivity index is 2.18. The number of carbonyl (C=O) groups is 1. The fourth-order valence-electron chi connectivity index (χ4n) is 2.34. The second-order valence-corrected chi connectivity index (χ2v) is 5.36. The maximum atomic E-state index is 12.3. The Hall–Kier alpha value is -1.06. The molecular weight excluding hydrogens is 248 g/mol. The Morgan fingerprint density at radius 2 is 2.00 bits per heavy atom. The fraction of sp³-hybridized carbons (Fsp3) is 0.500. The molecule has 0 atom stereocenters. The van der Waals surface area contributed by atoms with Crippen molar-refractivity contribution < 1.29 is 4.79 Å². The zero-order valence-corrected chi connectivity index (χ0v) is 11.6. The lowest BCUT2D eigenvalue weighted by Crippen LogP contribution is -2.31. The van der Waals surface area contributed by atoms with Gasteiger partial charge in [-0.1, -0.05) is 11.6 Å². The van der Waals surface area contributed by atoms with E-state index in [0.717, 1.165) is 37.2 Å². The molecule has 0 unspecified atom stereocenters. The number of nitrogens with one attached hydrogen (secondary N) is 1. The highest BCUT2D eigenvalue weighted by molar-refractivity contribution is 6.33. The van der Waals surface area contributed by atoms with Crippen LogP contribution in [0.1, 0.15) is 23.2 Å². The maximum Gasteiger partial charge on any atom is 0.166 e. The van der Waals surface area contributed by atoms with E-state index >= 15 is 0 Å². The van der Waals surface area contributed by atoms with Crippen molar-refractivity contribution in [3.05, 3.63) is 28.8 Å². The molecule has 0 spiro atoms. The first-order valence-corrected chi connectivity index (χ1v) is 6.69. The van der Waals surface area contributed by atoms with Gasteiger partial charge < -0.3 is 10.2 Å². The second-order valence-electron chi connectivity index (χ2n) is 4.95. The van der Waals surface area contributed by atoms with Gasteiger partial charge in [-0.2, -0.15) is 0 Å². The molecule has 0 amide bonds. The van der Waals surface area contributed by atoms with E-state index in [-0.39, 0.29) is 11.7 Å². The number of piperidine rings is 1. The van der Waals surface area contributed by atoms with Crippen LogP contribution in [0.2, 0.25) is 5.02 Å². The third-order valence-corrected chi connectivity index (χ3v) is 3.73. The van der Waals surface area contributed by atoms with E-state index in [1.54, 1.807) is 6.07 Å². The Kier molecular flexibility index (Phi) is 4.25. The van der Waals surface area contributed by atoms with Crippen molar-refractivity contribution in [1.29, 1.82) is 0 Å². The number of nitrogens with zero attached hydrogens (tertiary/aromatic N) is 1. The number of halogens is 1. The van der Waals surface area contributed by atoms with Gasteiger partial charge in [0, 0.05) is 25.6 Å². The number of hydrogen-bond donors (Lipinski definition) is 1. The first kappa shape index (κ1) is 13.4. The van der Waals surface area contributed by atoms with Crippen LogP contribution in [0.3, 0.4) is 0 Å². The van der Waals surface area contributed by atoms with E-state index in [0.29, 0.717) is 5.02 Å². The zero-order valence-electron chi connectivity index (χ0n) is 10.9. The first-order chi connectivity index (χ1) is 8.59. The molecular formula is C14H19ClN2O. The average Bonchev–Trinajstić information content (AvgIpc) is 2.38. The Bertz CT molecular complexity index is 439. The number of anilines is 1. The molecule has 1 fully saturated rings. The average molecular weight is 267 g/mol. The van der Waals surface area contributed by atoms with E-state index in [1.807, 2.05) is 31.1 Å². The standard InChI is InChI=1S/C14H19ClN2O/c1-17(2)13-4-3-11(9-12(13)15)14(18)10-5-7-16-8-6-10/h3-4,9-10,16H,5-8H2,1-2H3. The van der Waals surface area contributed by atoms with E-state index in [9.17, 15) is 4.79 Å². The van der Waals surface area contributed by atoms with Gasteiger partial charge in [-0.15, -0.1) is 0 Å². The summed E-state index contributed by atoms with van der Waals surface area (Å²) >= 11 is 6.20. The Morgan fingerprint density at radius 1 is 1.33 bits per heavy atom. The third kappa shape index (κ3) is 2.85. The minimum Gasteiger partial charge on any atom is -0.376 e. The molecule has 1 heterocycles. The van der Waals surface area contributed by atoms with Crippen molar-refractivity contribution in [3.8, 4) is 0 Å². The van der Waals surface area contributed by atoms with Crippen molar-refractivity contribution in [1.82, 2.24) is 5.32 Å². The smallest absolute Gasteiger partial charge is 0.166 e. The monoisotopic (exact) mass is 266 g/mol. The number of carbonyl (C=O) groups excluding carboxylic acids is 1. The van der Waals surface area contributed by atoms with Gasteiger partial charge in [0.1, 0.15) is 0 Å². The molecule has 1 aliphatic heterocycles. The van der Waals surface area contributed by atoms with Crippen molar-refractivity contribution in [2.24, 2.45) is 5.92 Å². The van der Waals surface area contributed by atoms with E-state index in [1.165, 1.54) is 0 Å². The summed E-state index contributed by atoms with van der Waals surface area (Å²) in [6, 6.07) is 5.59. The normalized spacial score (nSPS) is 16.6. The molecule has 3 nitrogen and oxygen atoms in total. The van der Waals surface area contributed by atoms with Crippen LogP contribution in [0, 0.1) is 5.92 Å². The lowest BCUT2D eigenvalue weighted by atomic mass is 9.89. The Labute approximate surface area is 113 Å². The summed E-state index contributed by atoms with van der Waals surface area (Å²) in [6.07, 6.45) is 1.85. The topological polar surface area (TPSA) is 32.3 Å². The van der Waals surface area contributed by atoms with Gasteiger partial charge in [-0.05, 0) is 44.1 Å².